The Hall–Kier alpha value is -5.92. The van der Waals surface area contributed by atoms with E-state index in [9.17, 15) is 0 Å². The van der Waals surface area contributed by atoms with E-state index in [4.69, 9.17) is 0 Å². The molecule has 226 valence electrons. The summed E-state index contributed by atoms with van der Waals surface area (Å²) in [5.41, 5.74) is 13.9. The highest BCUT2D eigenvalue weighted by Crippen LogP contribution is 2.62. The maximum atomic E-state index is 2.52. The van der Waals surface area contributed by atoms with Crippen LogP contribution < -0.4 is 4.90 Å². The zero-order valence-corrected chi connectivity index (χ0v) is 26.5. The van der Waals surface area contributed by atoms with Gasteiger partial charge in [-0.25, -0.2) is 0 Å². The van der Waals surface area contributed by atoms with Gasteiger partial charge >= 0.3 is 0 Å². The van der Waals surface area contributed by atoms with E-state index >= 15 is 0 Å². The quantitative estimate of drug-likeness (QED) is 0.192. The van der Waals surface area contributed by atoms with Gasteiger partial charge in [-0.1, -0.05) is 158 Å². The Bertz CT molecular complexity index is 2380. The number of hydrogen-bond donors (Lipinski definition) is 0. The number of anilines is 3. The van der Waals surface area contributed by atoms with Crippen LogP contribution in [0.3, 0.4) is 0 Å². The molecule has 0 aromatic heterocycles. The zero-order chi connectivity index (χ0) is 31.7. The van der Waals surface area contributed by atoms with Gasteiger partial charge < -0.3 is 4.90 Å². The lowest BCUT2D eigenvalue weighted by atomic mass is 9.66. The minimum Gasteiger partial charge on any atom is -0.310 e. The number of nitrogens with zero attached hydrogens (tertiary/aromatic N) is 1. The summed E-state index contributed by atoms with van der Waals surface area (Å²) in [5, 5.41) is 2.47. The minimum atomic E-state index is -0.477. The molecule has 2 unspecified atom stereocenters. The molecule has 1 nitrogen and oxygen atoms in total. The molecule has 1 spiro atoms. The number of allylic oxidation sites excluding steroid dienone is 4. The van der Waals surface area contributed by atoms with Crippen LogP contribution in [0.15, 0.2) is 188 Å². The van der Waals surface area contributed by atoms with E-state index in [0.717, 1.165) is 11.4 Å². The van der Waals surface area contributed by atoms with Gasteiger partial charge in [-0.2, -0.15) is 0 Å². The van der Waals surface area contributed by atoms with Crippen molar-refractivity contribution in [3.63, 3.8) is 0 Å². The summed E-state index contributed by atoms with van der Waals surface area (Å²) >= 11 is 0. The van der Waals surface area contributed by atoms with E-state index in [1.54, 1.807) is 0 Å². The lowest BCUT2D eigenvalue weighted by Crippen LogP contribution is -2.30. The molecule has 0 N–H and O–H groups in total. The Morgan fingerprint density at radius 2 is 1.00 bits per heavy atom. The predicted octanol–water partition coefficient (Wildman–Crippen LogP) is 12.0. The van der Waals surface area contributed by atoms with Gasteiger partial charge in [0.2, 0.25) is 0 Å². The van der Waals surface area contributed by atoms with Crippen molar-refractivity contribution in [2.24, 2.45) is 0 Å². The van der Waals surface area contributed by atoms with Crippen molar-refractivity contribution < 1.29 is 0 Å². The number of rotatable bonds is 3. The minimum absolute atomic E-state index is 0.224. The van der Waals surface area contributed by atoms with Gasteiger partial charge in [0, 0.05) is 28.6 Å². The molecular formula is C47H33N. The van der Waals surface area contributed by atoms with Gasteiger partial charge in [-0.3, -0.25) is 0 Å². The largest absolute Gasteiger partial charge is 0.310 e. The summed E-state index contributed by atoms with van der Waals surface area (Å²) in [6.45, 7) is 0. The molecule has 7 aromatic rings. The van der Waals surface area contributed by atoms with Crippen LogP contribution in [0.1, 0.15) is 45.2 Å². The smallest absolute Gasteiger partial charge is 0.0720 e. The maximum Gasteiger partial charge on any atom is 0.0720 e. The average molecular weight is 612 g/mol. The van der Waals surface area contributed by atoms with Crippen molar-refractivity contribution in [3.8, 4) is 11.1 Å². The SMILES string of the molecule is C1=CC2c3ccccc3C3(c4ccccc4-c4ccccc43)c3cc(N(c4ccccc4)c4cccc5ccccc45)ccc3C2C=C1. The number of benzene rings is 7. The summed E-state index contributed by atoms with van der Waals surface area (Å²) in [4.78, 5) is 2.45. The standard InChI is InChI=1S/C47H33N/c1-2-17-33(18-3-1)48(46-28-14-16-32-15-4-5-19-35(32)46)34-29-30-41-37-21-7-6-20-36(37)38-22-8-11-25-42(38)47(45(41)31-34)43-26-12-9-23-39(43)40-24-10-13-27-44(40)47/h1-31,36-37H. The number of fused-ring (bicyclic) bond motifs is 13. The Balaban J connectivity index is 1.35. The van der Waals surface area contributed by atoms with Crippen molar-refractivity contribution in [2.45, 2.75) is 17.3 Å². The molecule has 0 heterocycles. The highest BCUT2D eigenvalue weighted by Gasteiger charge is 2.51. The van der Waals surface area contributed by atoms with Crippen LogP contribution in [0.25, 0.3) is 21.9 Å². The van der Waals surface area contributed by atoms with E-state index in [0.29, 0.717) is 0 Å². The van der Waals surface area contributed by atoms with Crippen LogP contribution >= 0.6 is 0 Å². The first-order valence-electron chi connectivity index (χ1n) is 17.0. The molecule has 2 atom stereocenters. The summed E-state index contributed by atoms with van der Waals surface area (Å²) in [5.74, 6) is 0.473. The first-order chi connectivity index (χ1) is 23.8. The van der Waals surface area contributed by atoms with E-state index in [2.05, 4.69) is 193 Å². The van der Waals surface area contributed by atoms with Crippen molar-refractivity contribution in [1.82, 2.24) is 0 Å². The van der Waals surface area contributed by atoms with Gasteiger partial charge in [0.1, 0.15) is 0 Å². The topological polar surface area (TPSA) is 3.24 Å². The molecule has 10 rings (SSSR count). The molecule has 0 amide bonds. The molecule has 3 aliphatic carbocycles. The van der Waals surface area contributed by atoms with Crippen LogP contribution in [0.5, 0.6) is 0 Å². The predicted molar refractivity (Wildman–Crippen MR) is 200 cm³/mol. The van der Waals surface area contributed by atoms with E-state index < -0.39 is 5.41 Å². The number of para-hydroxylation sites is 1. The lowest BCUT2D eigenvalue weighted by molar-refractivity contribution is 0.732. The third-order valence-corrected chi connectivity index (χ3v) is 10.9. The van der Waals surface area contributed by atoms with Crippen LogP contribution in [-0.2, 0) is 5.41 Å². The normalized spacial score (nSPS) is 17.6. The van der Waals surface area contributed by atoms with Crippen LogP contribution in [0, 0.1) is 0 Å². The molecule has 0 saturated carbocycles. The van der Waals surface area contributed by atoms with Crippen molar-refractivity contribution in [3.05, 3.63) is 221 Å². The fraction of sp³-hybridized carbons (Fsp3) is 0.0638. The van der Waals surface area contributed by atoms with Crippen LogP contribution in [0.2, 0.25) is 0 Å². The summed E-state index contributed by atoms with van der Waals surface area (Å²) < 4.78 is 0. The molecule has 1 heteroatoms. The van der Waals surface area contributed by atoms with Crippen molar-refractivity contribution in [1.29, 1.82) is 0 Å². The van der Waals surface area contributed by atoms with E-state index in [1.807, 2.05) is 0 Å². The maximum absolute atomic E-state index is 2.52. The third-order valence-electron chi connectivity index (χ3n) is 10.9. The molecular weight excluding hydrogens is 579 g/mol. The van der Waals surface area contributed by atoms with E-state index in [-0.39, 0.29) is 11.8 Å². The zero-order valence-electron chi connectivity index (χ0n) is 26.5. The highest BCUT2D eigenvalue weighted by atomic mass is 15.1. The molecule has 0 radical (unpaired) electrons. The highest BCUT2D eigenvalue weighted by molar-refractivity contribution is 5.99. The summed E-state index contributed by atoms with van der Waals surface area (Å²) in [6, 6.07) is 61.0. The Morgan fingerprint density at radius 3 is 1.75 bits per heavy atom. The van der Waals surface area contributed by atoms with Crippen LogP contribution in [0.4, 0.5) is 17.1 Å². The first-order valence-corrected chi connectivity index (χ1v) is 17.0. The Morgan fingerprint density at radius 1 is 0.417 bits per heavy atom. The number of hydrogen-bond acceptors (Lipinski definition) is 1. The van der Waals surface area contributed by atoms with Gasteiger partial charge in [0.25, 0.3) is 0 Å². The second kappa shape index (κ2) is 10.6. The van der Waals surface area contributed by atoms with Gasteiger partial charge in [-0.15, -0.1) is 0 Å². The average Bonchev–Trinajstić information content (AvgIpc) is 3.41. The lowest BCUT2D eigenvalue weighted by Gasteiger charge is -2.37. The Kier molecular flexibility index (Phi) is 5.98. The monoisotopic (exact) mass is 611 g/mol. The Labute approximate surface area is 281 Å². The van der Waals surface area contributed by atoms with Gasteiger partial charge in [0.05, 0.1) is 11.1 Å². The van der Waals surface area contributed by atoms with Crippen molar-refractivity contribution >= 4 is 27.8 Å². The second-order valence-electron chi connectivity index (χ2n) is 13.2. The fourth-order valence-corrected chi connectivity index (χ4v) is 9.00. The molecule has 3 aliphatic rings. The third kappa shape index (κ3) is 3.73. The van der Waals surface area contributed by atoms with E-state index in [1.165, 1.54) is 61.0 Å². The molecule has 0 saturated heterocycles. The molecule has 48 heavy (non-hydrogen) atoms. The first kappa shape index (κ1) is 27.2. The molecule has 0 fully saturated rings. The summed E-state index contributed by atoms with van der Waals surface area (Å²) in [7, 11) is 0. The van der Waals surface area contributed by atoms with Gasteiger partial charge in [-0.05, 0) is 80.2 Å². The van der Waals surface area contributed by atoms with Crippen LogP contribution in [-0.4, -0.2) is 0 Å². The van der Waals surface area contributed by atoms with Gasteiger partial charge in [0.15, 0.2) is 0 Å². The summed E-state index contributed by atoms with van der Waals surface area (Å²) in [6.07, 6.45) is 9.31. The molecule has 7 aromatic carbocycles. The molecule has 0 bridgehead atoms. The molecule has 0 aliphatic heterocycles. The second-order valence-corrected chi connectivity index (χ2v) is 13.2. The van der Waals surface area contributed by atoms with Crippen molar-refractivity contribution in [2.75, 3.05) is 4.90 Å². The fourth-order valence-electron chi connectivity index (χ4n) is 9.00.